The maximum absolute atomic E-state index is 13.6. The van der Waals surface area contributed by atoms with Gasteiger partial charge in [-0.1, -0.05) is 18.0 Å². The Labute approximate surface area is 88.1 Å². The first kappa shape index (κ1) is 9.94. The molecule has 1 aliphatic rings. The van der Waals surface area contributed by atoms with Gasteiger partial charge in [-0.3, -0.25) is 0 Å². The molecule has 0 spiro atoms. The first-order chi connectivity index (χ1) is 6.68. The van der Waals surface area contributed by atoms with Crippen molar-refractivity contribution >= 4 is 11.6 Å². The number of halogens is 2. The number of hydrogen-bond donors (Lipinski definition) is 1. The quantitative estimate of drug-likeness (QED) is 0.803. The molecule has 76 valence electrons. The molecule has 0 unspecified atom stereocenters. The van der Waals surface area contributed by atoms with E-state index in [1.807, 2.05) is 0 Å². The largest absolute Gasteiger partial charge is 0.330 e. The van der Waals surface area contributed by atoms with Gasteiger partial charge in [0.05, 0.1) is 0 Å². The Hall–Kier alpha value is -0.600. The second-order valence-corrected chi connectivity index (χ2v) is 4.40. The minimum absolute atomic E-state index is 0.144. The van der Waals surface area contributed by atoms with Gasteiger partial charge in [0.25, 0.3) is 0 Å². The van der Waals surface area contributed by atoms with E-state index in [0.717, 1.165) is 19.3 Å². The van der Waals surface area contributed by atoms with Crippen LogP contribution in [0.2, 0.25) is 5.02 Å². The van der Waals surface area contributed by atoms with Gasteiger partial charge in [-0.05, 0) is 36.6 Å². The Morgan fingerprint density at radius 2 is 2.14 bits per heavy atom. The van der Waals surface area contributed by atoms with E-state index in [-0.39, 0.29) is 11.2 Å². The molecule has 2 N–H and O–H groups in total. The van der Waals surface area contributed by atoms with E-state index in [4.69, 9.17) is 17.3 Å². The second-order valence-electron chi connectivity index (χ2n) is 3.96. The van der Waals surface area contributed by atoms with Crippen molar-refractivity contribution in [1.29, 1.82) is 0 Å². The fraction of sp³-hybridized carbons (Fsp3) is 0.455. The molecule has 1 fully saturated rings. The summed E-state index contributed by atoms with van der Waals surface area (Å²) >= 11 is 5.85. The molecule has 0 heterocycles. The Balaban J connectivity index is 2.43. The number of nitrogens with two attached hydrogens (primary N) is 1. The summed E-state index contributed by atoms with van der Waals surface area (Å²) < 4.78 is 13.6. The average Bonchev–Trinajstić information content (AvgIpc) is 2.10. The highest BCUT2D eigenvalue weighted by Gasteiger charge is 2.39. The second kappa shape index (κ2) is 3.52. The van der Waals surface area contributed by atoms with Crippen LogP contribution < -0.4 is 5.73 Å². The molecule has 1 aromatic rings. The molecular formula is C11H13ClFN. The van der Waals surface area contributed by atoms with Crippen LogP contribution in [0.3, 0.4) is 0 Å². The number of benzene rings is 1. The van der Waals surface area contributed by atoms with Gasteiger partial charge in [-0.25, -0.2) is 4.39 Å². The molecule has 0 saturated heterocycles. The van der Waals surface area contributed by atoms with E-state index in [2.05, 4.69) is 0 Å². The molecule has 0 aliphatic heterocycles. The van der Waals surface area contributed by atoms with Crippen LogP contribution >= 0.6 is 11.6 Å². The van der Waals surface area contributed by atoms with Crippen molar-refractivity contribution in [1.82, 2.24) is 0 Å². The minimum atomic E-state index is -0.181. The van der Waals surface area contributed by atoms with Crippen LogP contribution in [-0.2, 0) is 5.41 Å². The predicted octanol–water partition coefficient (Wildman–Crippen LogP) is 2.86. The zero-order valence-electron chi connectivity index (χ0n) is 7.89. The van der Waals surface area contributed by atoms with Crippen molar-refractivity contribution in [2.45, 2.75) is 24.7 Å². The Kier molecular flexibility index (Phi) is 2.50. The van der Waals surface area contributed by atoms with Gasteiger partial charge in [0.15, 0.2) is 0 Å². The summed E-state index contributed by atoms with van der Waals surface area (Å²) in [5.41, 5.74) is 6.26. The van der Waals surface area contributed by atoms with Gasteiger partial charge in [-0.15, -0.1) is 0 Å². The zero-order chi connectivity index (χ0) is 10.2. The first-order valence-electron chi connectivity index (χ1n) is 4.83. The third kappa shape index (κ3) is 1.43. The van der Waals surface area contributed by atoms with Gasteiger partial charge < -0.3 is 5.73 Å². The van der Waals surface area contributed by atoms with Crippen molar-refractivity contribution in [3.05, 3.63) is 34.6 Å². The van der Waals surface area contributed by atoms with Crippen LogP contribution in [0.15, 0.2) is 18.2 Å². The summed E-state index contributed by atoms with van der Waals surface area (Å²) in [4.78, 5) is 0. The van der Waals surface area contributed by atoms with Crippen molar-refractivity contribution in [3.63, 3.8) is 0 Å². The van der Waals surface area contributed by atoms with E-state index in [9.17, 15) is 4.39 Å². The summed E-state index contributed by atoms with van der Waals surface area (Å²) in [6.45, 7) is 0.504. The lowest BCUT2D eigenvalue weighted by Gasteiger charge is -2.41. The van der Waals surface area contributed by atoms with E-state index in [0.29, 0.717) is 17.1 Å². The van der Waals surface area contributed by atoms with Crippen molar-refractivity contribution in [2.75, 3.05) is 6.54 Å². The van der Waals surface area contributed by atoms with Gasteiger partial charge in [0.2, 0.25) is 0 Å². The van der Waals surface area contributed by atoms with E-state index < -0.39 is 0 Å². The topological polar surface area (TPSA) is 26.0 Å². The molecule has 14 heavy (non-hydrogen) atoms. The molecule has 1 aromatic carbocycles. The molecule has 1 aliphatic carbocycles. The Morgan fingerprint density at radius 1 is 1.43 bits per heavy atom. The molecule has 0 aromatic heterocycles. The Bertz CT molecular complexity index is 342. The number of hydrogen-bond acceptors (Lipinski definition) is 1. The number of rotatable bonds is 2. The lowest BCUT2D eigenvalue weighted by molar-refractivity contribution is 0.245. The first-order valence-corrected chi connectivity index (χ1v) is 5.21. The van der Waals surface area contributed by atoms with Crippen LogP contribution in [0.25, 0.3) is 0 Å². The summed E-state index contributed by atoms with van der Waals surface area (Å²) in [7, 11) is 0. The van der Waals surface area contributed by atoms with Crippen LogP contribution in [0.4, 0.5) is 4.39 Å². The molecule has 0 amide bonds. The maximum Gasteiger partial charge on any atom is 0.127 e. The lowest BCUT2D eigenvalue weighted by atomic mass is 9.64. The highest BCUT2D eigenvalue weighted by Crippen LogP contribution is 2.44. The fourth-order valence-electron chi connectivity index (χ4n) is 2.09. The van der Waals surface area contributed by atoms with Crippen molar-refractivity contribution in [2.24, 2.45) is 5.73 Å². The van der Waals surface area contributed by atoms with Crippen LogP contribution in [-0.4, -0.2) is 6.54 Å². The summed E-state index contributed by atoms with van der Waals surface area (Å²) in [6, 6.07) is 4.71. The Morgan fingerprint density at radius 3 is 2.64 bits per heavy atom. The fourth-order valence-corrected chi connectivity index (χ4v) is 2.26. The zero-order valence-corrected chi connectivity index (χ0v) is 8.65. The third-order valence-electron chi connectivity index (χ3n) is 3.20. The standard InChI is InChI=1S/C11H13ClFN/c12-8-2-3-10(13)9(6-8)11(7-14)4-1-5-11/h2-3,6H,1,4-5,7,14H2. The molecule has 2 rings (SSSR count). The van der Waals surface area contributed by atoms with E-state index in [1.54, 1.807) is 12.1 Å². The molecule has 0 atom stereocenters. The minimum Gasteiger partial charge on any atom is -0.330 e. The predicted molar refractivity (Wildman–Crippen MR) is 56.0 cm³/mol. The third-order valence-corrected chi connectivity index (χ3v) is 3.44. The van der Waals surface area contributed by atoms with Crippen molar-refractivity contribution < 1.29 is 4.39 Å². The highest BCUT2D eigenvalue weighted by molar-refractivity contribution is 6.30. The van der Waals surface area contributed by atoms with E-state index in [1.165, 1.54) is 6.07 Å². The van der Waals surface area contributed by atoms with Gasteiger partial charge >= 0.3 is 0 Å². The van der Waals surface area contributed by atoms with Crippen LogP contribution in [0.5, 0.6) is 0 Å². The smallest absolute Gasteiger partial charge is 0.127 e. The normalized spacial score (nSPS) is 19.1. The van der Waals surface area contributed by atoms with Gasteiger partial charge in [0, 0.05) is 17.0 Å². The highest BCUT2D eigenvalue weighted by atomic mass is 35.5. The van der Waals surface area contributed by atoms with Crippen molar-refractivity contribution in [3.8, 4) is 0 Å². The molecular weight excluding hydrogens is 201 g/mol. The monoisotopic (exact) mass is 213 g/mol. The van der Waals surface area contributed by atoms with E-state index >= 15 is 0 Å². The summed E-state index contributed by atoms with van der Waals surface area (Å²) in [5.74, 6) is -0.181. The molecule has 0 bridgehead atoms. The van der Waals surface area contributed by atoms with Crippen LogP contribution in [0.1, 0.15) is 24.8 Å². The lowest BCUT2D eigenvalue weighted by Crippen LogP contribution is -2.42. The van der Waals surface area contributed by atoms with Gasteiger partial charge in [0.1, 0.15) is 5.82 Å². The SMILES string of the molecule is NCC1(c2cc(Cl)ccc2F)CCC1. The molecule has 3 heteroatoms. The van der Waals surface area contributed by atoms with Crippen LogP contribution in [0, 0.1) is 5.82 Å². The average molecular weight is 214 g/mol. The maximum atomic E-state index is 13.6. The van der Waals surface area contributed by atoms with Gasteiger partial charge in [-0.2, -0.15) is 0 Å². The molecule has 0 radical (unpaired) electrons. The summed E-state index contributed by atoms with van der Waals surface area (Å²) in [6.07, 6.45) is 3.07. The molecule has 1 saturated carbocycles. The molecule has 1 nitrogen and oxygen atoms in total. The summed E-state index contributed by atoms with van der Waals surface area (Å²) in [5, 5.41) is 0.584.